The first-order valence-electron chi connectivity index (χ1n) is 10.7. The lowest BCUT2D eigenvalue weighted by Gasteiger charge is -2.30. The molecule has 1 N–H and O–H groups in total. The zero-order valence-electron chi connectivity index (χ0n) is 17.5. The molecule has 0 saturated carbocycles. The monoisotopic (exact) mass is 465 g/mol. The van der Waals surface area contributed by atoms with E-state index in [9.17, 15) is 9.59 Å². The number of hydrogen-bond donors (Lipinski definition) is 1. The summed E-state index contributed by atoms with van der Waals surface area (Å²) in [5.74, 6) is 0.471. The average molecular weight is 466 g/mol. The van der Waals surface area contributed by atoms with E-state index in [0.717, 1.165) is 35.2 Å². The van der Waals surface area contributed by atoms with Gasteiger partial charge in [-0.15, -0.1) is 22.7 Å². The highest BCUT2D eigenvalue weighted by molar-refractivity contribution is 7.10. The predicted molar refractivity (Wildman–Crippen MR) is 127 cm³/mol. The van der Waals surface area contributed by atoms with Crippen LogP contribution in [0.4, 0.5) is 0 Å². The predicted octanol–water partition coefficient (Wildman–Crippen LogP) is 4.94. The summed E-state index contributed by atoms with van der Waals surface area (Å²) >= 11 is 3.23. The fraction of sp³-hybridized carbons (Fsp3) is 0.292. The second-order valence-electron chi connectivity index (χ2n) is 7.87. The second-order valence-corrected chi connectivity index (χ2v) is 9.79. The molecular formula is C24H23N3O3S2. The summed E-state index contributed by atoms with van der Waals surface area (Å²) in [5.41, 5.74) is 1.21. The van der Waals surface area contributed by atoms with Crippen LogP contribution in [0.2, 0.25) is 0 Å². The maximum absolute atomic E-state index is 12.9. The Hall–Kier alpha value is -2.97. The van der Waals surface area contributed by atoms with Gasteiger partial charge in [0.05, 0.1) is 5.01 Å². The Bertz CT molecular complexity index is 1190. The largest absolute Gasteiger partial charge is 0.451 e. The van der Waals surface area contributed by atoms with Gasteiger partial charge in [-0.2, -0.15) is 0 Å². The summed E-state index contributed by atoms with van der Waals surface area (Å²) in [6.45, 7) is 1.92. The van der Waals surface area contributed by atoms with E-state index >= 15 is 0 Å². The van der Waals surface area contributed by atoms with Crippen molar-refractivity contribution in [3.8, 4) is 0 Å². The second kappa shape index (κ2) is 9.26. The van der Waals surface area contributed by atoms with Crippen molar-refractivity contribution in [3.05, 3.63) is 74.6 Å². The number of furan rings is 1. The topological polar surface area (TPSA) is 75.4 Å². The van der Waals surface area contributed by atoms with Crippen LogP contribution in [0.5, 0.6) is 0 Å². The van der Waals surface area contributed by atoms with Crippen molar-refractivity contribution in [3.63, 3.8) is 0 Å². The molecule has 164 valence electrons. The standard InChI is InChI=1S/C24H23N3O3S2/c28-22(25-10-7-18-5-3-13-31-18)19-15-32-23(26-19)16-8-11-27(12-9-16)24(29)21-14-17-4-1-2-6-20(17)30-21/h1-6,13-16H,7-12H2,(H,25,28). The molecule has 5 rings (SSSR count). The fourth-order valence-corrected chi connectivity index (χ4v) is 5.68. The van der Waals surface area contributed by atoms with E-state index in [0.29, 0.717) is 31.1 Å². The summed E-state index contributed by atoms with van der Waals surface area (Å²) in [5, 5.41) is 8.75. The number of rotatable bonds is 6. The Labute approximate surface area is 193 Å². The molecular weight excluding hydrogens is 442 g/mol. The van der Waals surface area contributed by atoms with Crippen molar-refractivity contribution in [2.45, 2.75) is 25.2 Å². The first-order chi connectivity index (χ1) is 15.7. The number of hydrogen-bond acceptors (Lipinski definition) is 6. The van der Waals surface area contributed by atoms with Crippen LogP contribution in [0.1, 0.15) is 49.7 Å². The highest BCUT2D eigenvalue weighted by atomic mass is 32.1. The van der Waals surface area contributed by atoms with Crippen LogP contribution in [0.3, 0.4) is 0 Å². The molecule has 2 amide bonds. The normalized spacial score (nSPS) is 14.7. The molecule has 0 radical (unpaired) electrons. The number of nitrogens with one attached hydrogen (secondary N) is 1. The summed E-state index contributed by atoms with van der Waals surface area (Å²) in [6, 6.07) is 13.6. The molecule has 1 aliphatic rings. The fourth-order valence-electron chi connectivity index (χ4n) is 4.00. The van der Waals surface area contributed by atoms with Crippen molar-refractivity contribution in [1.82, 2.24) is 15.2 Å². The molecule has 1 saturated heterocycles. The third-order valence-electron chi connectivity index (χ3n) is 5.76. The van der Waals surface area contributed by atoms with Crippen molar-refractivity contribution >= 4 is 45.5 Å². The highest BCUT2D eigenvalue weighted by Gasteiger charge is 2.28. The smallest absolute Gasteiger partial charge is 0.289 e. The van der Waals surface area contributed by atoms with E-state index in [-0.39, 0.29) is 17.7 Å². The van der Waals surface area contributed by atoms with Crippen LogP contribution < -0.4 is 5.32 Å². The van der Waals surface area contributed by atoms with E-state index < -0.39 is 0 Å². The van der Waals surface area contributed by atoms with E-state index in [1.165, 1.54) is 16.2 Å². The molecule has 0 atom stereocenters. The van der Waals surface area contributed by atoms with Gasteiger partial charge in [0.15, 0.2) is 5.76 Å². The molecule has 32 heavy (non-hydrogen) atoms. The van der Waals surface area contributed by atoms with E-state index in [1.54, 1.807) is 11.3 Å². The number of piperidine rings is 1. The molecule has 8 heteroatoms. The molecule has 1 aromatic carbocycles. The van der Waals surface area contributed by atoms with Gasteiger partial charge in [0, 0.05) is 41.2 Å². The summed E-state index contributed by atoms with van der Waals surface area (Å²) in [6.07, 6.45) is 2.50. The van der Waals surface area contributed by atoms with E-state index in [1.807, 2.05) is 52.1 Å². The number of fused-ring (bicyclic) bond motifs is 1. The maximum Gasteiger partial charge on any atom is 0.289 e. The van der Waals surface area contributed by atoms with Gasteiger partial charge >= 0.3 is 0 Å². The molecule has 0 spiro atoms. The summed E-state index contributed by atoms with van der Waals surface area (Å²) in [7, 11) is 0. The lowest BCUT2D eigenvalue weighted by molar-refractivity contribution is 0.0683. The van der Waals surface area contributed by atoms with Gasteiger partial charge in [-0.05, 0) is 42.8 Å². The van der Waals surface area contributed by atoms with Gasteiger partial charge < -0.3 is 14.6 Å². The number of amides is 2. The number of thiophene rings is 1. The van der Waals surface area contributed by atoms with Gasteiger partial charge in [0.2, 0.25) is 0 Å². The number of thiazole rings is 1. The minimum Gasteiger partial charge on any atom is -0.451 e. The number of para-hydroxylation sites is 1. The van der Waals surface area contributed by atoms with Gasteiger partial charge in [0.1, 0.15) is 11.3 Å². The number of aromatic nitrogens is 1. The molecule has 0 unspecified atom stereocenters. The Morgan fingerprint density at radius 2 is 1.97 bits per heavy atom. The van der Waals surface area contributed by atoms with Crippen molar-refractivity contribution in [2.75, 3.05) is 19.6 Å². The van der Waals surface area contributed by atoms with Crippen molar-refractivity contribution in [2.24, 2.45) is 0 Å². The minimum atomic E-state index is -0.124. The minimum absolute atomic E-state index is 0.0652. The number of carbonyl (C=O) groups excluding carboxylic acids is 2. The zero-order valence-corrected chi connectivity index (χ0v) is 19.1. The zero-order chi connectivity index (χ0) is 21.9. The van der Waals surface area contributed by atoms with Crippen LogP contribution in [-0.4, -0.2) is 41.3 Å². The van der Waals surface area contributed by atoms with Crippen molar-refractivity contribution < 1.29 is 14.0 Å². The SMILES string of the molecule is O=C(NCCc1cccs1)c1csc(C2CCN(C(=O)c3cc4ccccc4o3)CC2)n1. The number of nitrogens with zero attached hydrogens (tertiary/aromatic N) is 2. The van der Waals surface area contributed by atoms with E-state index in [4.69, 9.17) is 4.42 Å². The molecule has 4 aromatic rings. The van der Waals surface area contributed by atoms with Gasteiger partial charge in [-0.25, -0.2) is 4.98 Å². The number of carbonyl (C=O) groups is 2. The molecule has 0 aliphatic carbocycles. The van der Waals surface area contributed by atoms with E-state index in [2.05, 4.69) is 16.4 Å². The van der Waals surface area contributed by atoms with Crippen LogP contribution in [0, 0.1) is 0 Å². The first kappa shape index (κ1) is 20.9. The molecule has 4 heterocycles. The third kappa shape index (κ3) is 4.47. The van der Waals surface area contributed by atoms with Crippen LogP contribution in [0.15, 0.2) is 57.6 Å². The van der Waals surface area contributed by atoms with Gasteiger partial charge in [-0.3, -0.25) is 9.59 Å². The Kier molecular flexibility index (Phi) is 6.05. The molecule has 3 aromatic heterocycles. The number of benzene rings is 1. The lowest BCUT2D eigenvalue weighted by atomic mass is 9.97. The quantitative estimate of drug-likeness (QED) is 0.437. The van der Waals surface area contributed by atoms with Crippen LogP contribution in [0.25, 0.3) is 11.0 Å². The Morgan fingerprint density at radius 1 is 1.12 bits per heavy atom. The molecule has 0 bridgehead atoms. The summed E-state index contributed by atoms with van der Waals surface area (Å²) < 4.78 is 5.73. The van der Waals surface area contributed by atoms with Crippen molar-refractivity contribution in [1.29, 1.82) is 0 Å². The highest BCUT2D eigenvalue weighted by Crippen LogP contribution is 2.31. The maximum atomic E-state index is 12.9. The molecule has 1 fully saturated rings. The Balaban J connectivity index is 1.14. The average Bonchev–Trinajstić information content (AvgIpc) is 3.59. The number of likely N-dealkylation sites (tertiary alicyclic amines) is 1. The third-order valence-corrected chi connectivity index (χ3v) is 7.70. The van der Waals surface area contributed by atoms with Crippen LogP contribution in [-0.2, 0) is 6.42 Å². The first-order valence-corrected chi connectivity index (χ1v) is 12.5. The Morgan fingerprint density at radius 3 is 2.75 bits per heavy atom. The van der Waals surface area contributed by atoms with Gasteiger partial charge in [0.25, 0.3) is 11.8 Å². The molecule has 1 aliphatic heterocycles. The van der Waals surface area contributed by atoms with Crippen LogP contribution >= 0.6 is 22.7 Å². The molecule has 6 nitrogen and oxygen atoms in total. The summed E-state index contributed by atoms with van der Waals surface area (Å²) in [4.78, 5) is 33.0. The van der Waals surface area contributed by atoms with Gasteiger partial charge in [-0.1, -0.05) is 24.3 Å². The lowest BCUT2D eigenvalue weighted by Crippen LogP contribution is -2.37.